The Morgan fingerprint density at radius 2 is 1.87 bits per heavy atom. The smallest absolute Gasteiger partial charge is 0.311 e. The summed E-state index contributed by atoms with van der Waals surface area (Å²) in [4.78, 5) is 32.6. The molecule has 38 heavy (non-hydrogen) atoms. The summed E-state index contributed by atoms with van der Waals surface area (Å²) >= 11 is 1.05. The number of rotatable bonds is 6. The zero-order valence-electron chi connectivity index (χ0n) is 20.6. The summed E-state index contributed by atoms with van der Waals surface area (Å²) in [6, 6.07) is 12.7. The second kappa shape index (κ2) is 10.9. The molecule has 1 fully saturated rings. The molecular weight excluding hydrogens is 526 g/mol. The van der Waals surface area contributed by atoms with Crippen LogP contribution in [0.25, 0.3) is 0 Å². The van der Waals surface area contributed by atoms with Crippen molar-refractivity contribution >= 4 is 55.5 Å². The first-order chi connectivity index (χ1) is 18.3. The van der Waals surface area contributed by atoms with Gasteiger partial charge in [0.15, 0.2) is 0 Å². The predicted molar refractivity (Wildman–Crippen MR) is 146 cm³/mol. The summed E-state index contributed by atoms with van der Waals surface area (Å²) in [6.45, 7) is 0. The van der Waals surface area contributed by atoms with Crippen molar-refractivity contribution in [2.24, 2.45) is 10.9 Å². The standard InChI is InChI=1S/C25H27N7O4S2/c1-32-20-13-6-5-12-19(20)21(16-8-3-2-4-9-16)28-22(23(32)33)29-24(34)27-17-10-7-11-18(14-17)38(35,36)31-25-30-26-15-37-25/h5-7,10-16,22H,2-4,8-9H2,1H3,(H,30,31)(H2,27,29,34)/t22-/m0/s1. The number of hydrogen-bond donors (Lipinski definition) is 3. The Kier molecular flexibility index (Phi) is 7.38. The first-order valence-corrected chi connectivity index (χ1v) is 14.6. The zero-order valence-corrected chi connectivity index (χ0v) is 22.3. The van der Waals surface area contributed by atoms with Crippen molar-refractivity contribution in [2.75, 3.05) is 22.0 Å². The highest BCUT2D eigenvalue weighted by molar-refractivity contribution is 7.93. The highest BCUT2D eigenvalue weighted by Gasteiger charge is 2.33. The van der Waals surface area contributed by atoms with E-state index in [9.17, 15) is 18.0 Å². The highest BCUT2D eigenvalue weighted by atomic mass is 32.2. The molecule has 1 aliphatic carbocycles. The van der Waals surface area contributed by atoms with Crippen LogP contribution >= 0.6 is 11.3 Å². The lowest BCUT2D eigenvalue weighted by Gasteiger charge is -2.25. The average molecular weight is 554 g/mol. The monoisotopic (exact) mass is 553 g/mol. The number of carbonyl (C=O) groups is 2. The Morgan fingerprint density at radius 3 is 2.63 bits per heavy atom. The summed E-state index contributed by atoms with van der Waals surface area (Å²) in [7, 11) is -2.26. The molecule has 1 aliphatic heterocycles. The number of benzene rings is 2. The van der Waals surface area contributed by atoms with Crippen LogP contribution < -0.4 is 20.3 Å². The minimum absolute atomic E-state index is 0.0659. The van der Waals surface area contributed by atoms with Crippen molar-refractivity contribution in [3.8, 4) is 0 Å². The van der Waals surface area contributed by atoms with Crippen LogP contribution in [0.15, 0.2) is 63.9 Å². The van der Waals surface area contributed by atoms with Gasteiger partial charge in [-0.2, -0.15) is 0 Å². The molecule has 3 N–H and O–H groups in total. The number of benzodiazepines with no additional fused rings is 1. The van der Waals surface area contributed by atoms with Crippen LogP contribution in [-0.2, 0) is 14.8 Å². The molecule has 5 rings (SSSR count). The third kappa shape index (κ3) is 5.53. The normalized spacial score (nSPS) is 18.2. The largest absolute Gasteiger partial charge is 0.321 e. The molecule has 1 aromatic heterocycles. The van der Waals surface area contributed by atoms with Crippen LogP contribution in [0.3, 0.4) is 0 Å². The van der Waals surface area contributed by atoms with Crippen molar-refractivity contribution in [3.05, 3.63) is 59.6 Å². The van der Waals surface area contributed by atoms with E-state index in [4.69, 9.17) is 4.99 Å². The van der Waals surface area contributed by atoms with E-state index in [-0.39, 0.29) is 27.5 Å². The number of carbonyl (C=O) groups excluding carboxylic acids is 2. The summed E-state index contributed by atoms with van der Waals surface area (Å²) in [5, 5.41) is 12.7. The first-order valence-electron chi connectivity index (χ1n) is 12.2. The molecule has 2 aromatic carbocycles. The van der Waals surface area contributed by atoms with Crippen molar-refractivity contribution in [3.63, 3.8) is 0 Å². The van der Waals surface area contributed by atoms with E-state index in [2.05, 4.69) is 25.6 Å². The van der Waals surface area contributed by atoms with Gasteiger partial charge in [-0.05, 0) is 37.1 Å². The minimum atomic E-state index is -3.94. The maximum atomic E-state index is 13.3. The molecule has 0 spiro atoms. The molecule has 3 amide bonds. The van der Waals surface area contributed by atoms with E-state index in [0.717, 1.165) is 54.0 Å². The van der Waals surface area contributed by atoms with Crippen LogP contribution in [0.2, 0.25) is 0 Å². The first kappa shape index (κ1) is 25.8. The molecule has 13 heteroatoms. The molecule has 1 atom stereocenters. The number of likely N-dealkylation sites (N-methyl/N-ethyl adjacent to an activating group) is 1. The van der Waals surface area contributed by atoms with Gasteiger partial charge in [-0.1, -0.05) is 54.9 Å². The Balaban J connectivity index is 1.36. The van der Waals surface area contributed by atoms with E-state index < -0.39 is 22.2 Å². The van der Waals surface area contributed by atoms with Crippen molar-refractivity contribution in [2.45, 2.75) is 43.2 Å². The van der Waals surface area contributed by atoms with Crippen molar-refractivity contribution in [1.82, 2.24) is 15.5 Å². The van der Waals surface area contributed by atoms with Crippen LogP contribution in [0, 0.1) is 5.92 Å². The molecule has 11 nitrogen and oxygen atoms in total. The lowest BCUT2D eigenvalue weighted by atomic mass is 9.83. The number of aromatic nitrogens is 2. The van der Waals surface area contributed by atoms with E-state index in [0.29, 0.717) is 0 Å². The second-order valence-corrected chi connectivity index (χ2v) is 11.7. The van der Waals surface area contributed by atoms with Crippen LogP contribution in [0.1, 0.15) is 37.7 Å². The maximum Gasteiger partial charge on any atom is 0.321 e. The molecule has 0 saturated heterocycles. The molecular formula is C25H27N7O4S2. The van der Waals surface area contributed by atoms with Gasteiger partial charge in [0.25, 0.3) is 15.9 Å². The summed E-state index contributed by atoms with van der Waals surface area (Å²) < 4.78 is 27.7. The third-order valence-electron chi connectivity index (χ3n) is 6.62. The lowest BCUT2D eigenvalue weighted by molar-refractivity contribution is -0.119. The Bertz CT molecular complexity index is 1470. The van der Waals surface area contributed by atoms with E-state index in [1.165, 1.54) is 35.0 Å². The Hall–Kier alpha value is -3.84. The van der Waals surface area contributed by atoms with Gasteiger partial charge in [0.05, 0.1) is 16.3 Å². The quantitative estimate of drug-likeness (QED) is 0.423. The van der Waals surface area contributed by atoms with Crippen molar-refractivity contribution in [1.29, 1.82) is 0 Å². The number of urea groups is 1. The fourth-order valence-corrected chi connectivity index (χ4v) is 6.51. The van der Waals surface area contributed by atoms with Gasteiger partial charge in [0.1, 0.15) is 5.51 Å². The van der Waals surface area contributed by atoms with Crippen LogP contribution in [0.5, 0.6) is 0 Å². The fourth-order valence-electron chi connectivity index (χ4n) is 4.77. The lowest BCUT2D eigenvalue weighted by Crippen LogP contribution is -2.47. The molecule has 198 valence electrons. The fraction of sp³-hybridized carbons (Fsp3) is 0.320. The molecule has 2 heterocycles. The number of sulfonamides is 1. The zero-order chi connectivity index (χ0) is 26.7. The predicted octanol–water partition coefficient (Wildman–Crippen LogP) is 3.83. The number of anilines is 3. The highest BCUT2D eigenvalue weighted by Crippen LogP contribution is 2.33. The SMILES string of the molecule is CN1C(=O)[C@H](NC(=O)Nc2cccc(S(=O)(=O)Nc3nncs3)c2)N=C(C2CCCCC2)c2ccccc21. The summed E-state index contributed by atoms with van der Waals surface area (Å²) in [6.07, 6.45) is 4.21. The van der Waals surface area contributed by atoms with Gasteiger partial charge in [-0.3, -0.25) is 14.5 Å². The molecule has 0 unspecified atom stereocenters. The van der Waals surface area contributed by atoms with Gasteiger partial charge in [-0.25, -0.2) is 13.2 Å². The van der Waals surface area contributed by atoms with Crippen molar-refractivity contribution < 1.29 is 18.0 Å². The van der Waals surface area contributed by atoms with E-state index in [1.54, 1.807) is 13.1 Å². The topological polar surface area (TPSA) is 146 Å². The maximum absolute atomic E-state index is 13.3. The van der Waals surface area contributed by atoms with Crippen LogP contribution in [-0.4, -0.2) is 49.5 Å². The van der Waals surface area contributed by atoms with Gasteiger partial charge in [0, 0.05) is 24.2 Å². The molecule has 1 saturated carbocycles. The summed E-state index contributed by atoms with van der Waals surface area (Å²) in [5.41, 5.74) is 4.14. The molecule has 0 bridgehead atoms. The number of hydrogen-bond acceptors (Lipinski definition) is 8. The van der Waals surface area contributed by atoms with Gasteiger partial charge in [0.2, 0.25) is 11.3 Å². The Morgan fingerprint density at radius 1 is 1.08 bits per heavy atom. The number of nitrogens with zero attached hydrogens (tertiary/aromatic N) is 4. The van der Waals surface area contributed by atoms with Gasteiger partial charge in [-0.15, -0.1) is 10.2 Å². The van der Waals surface area contributed by atoms with Crippen LogP contribution in [0.4, 0.5) is 21.3 Å². The number of para-hydroxylation sites is 1. The number of aliphatic imine (C=N–C) groups is 1. The number of nitrogens with one attached hydrogen (secondary N) is 3. The molecule has 3 aromatic rings. The van der Waals surface area contributed by atoms with Gasteiger partial charge < -0.3 is 15.5 Å². The second-order valence-electron chi connectivity index (χ2n) is 9.14. The Labute approximate surface area is 224 Å². The number of amides is 3. The third-order valence-corrected chi connectivity index (χ3v) is 8.69. The van der Waals surface area contributed by atoms with E-state index in [1.807, 2.05) is 24.3 Å². The average Bonchev–Trinajstić information content (AvgIpc) is 3.40. The molecule has 2 aliphatic rings. The van der Waals surface area contributed by atoms with E-state index >= 15 is 0 Å². The molecule has 0 radical (unpaired) electrons. The number of fused-ring (bicyclic) bond motifs is 1. The minimum Gasteiger partial charge on any atom is -0.311 e. The summed E-state index contributed by atoms with van der Waals surface area (Å²) in [5.74, 6) is -0.157. The van der Waals surface area contributed by atoms with Gasteiger partial charge >= 0.3 is 6.03 Å².